The fourth-order valence-electron chi connectivity index (χ4n) is 1.09. The van der Waals surface area contributed by atoms with Crippen LogP contribution in [0.5, 0.6) is 5.75 Å². The van der Waals surface area contributed by atoms with Crippen molar-refractivity contribution >= 4 is 6.29 Å². The normalized spacial score (nSPS) is 10.5. The summed E-state index contributed by atoms with van der Waals surface area (Å²) in [7, 11) is 0. The van der Waals surface area contributed by atoms with Gasteiger partial charge in [0.1, 0.15) is 5.75 Å². The summed E-state index contributed by atoms with van der Waals surface area (Å²) in [5.74, 6) is -0.629. The molecule has 2 nitrogen and oxygen atoms in total. The van der Waals surface area contributed by atoms with Gasteiger partial charge in [-0.25, -0.2) is 8.78 Å². The first-order chi connectivity index (χ1) is 6.06. The Morgan fingerprint density at radius 2 is 2.08 bits per heavy atom. The van der Waals surface area contributed by atoms with Crippen LogP contribution in [-0.2, 0) is 0 Å². The molecule has 0 unspecified atom stereocenters. The van der Waals surface area contributed by atoms with E-state index in [2.05, 4.69) is 0 Å². The van der Waals surface area contributed by atoms with Gasteiger partial charge < -0.3 is 5.11 Å². The molecule has 0 aliphatic carbocycles. The lowest BCUT2D eigenvalue weighted by atomic mass is 10.1. The standard InChI is InChI=1S/C9H8F2O2/c1-5-2-6(4-12)8(13)7(3-5)9(10)11/h2-4,9,13H,1H3. The molecule has 0 aliphatic rings. The van der Waals surface area contributed by atoms with Crippen LogP contribution < -0.4 is 0 Å². The van der Waals surface area contributed by atoms with Crippen LogP contribution in [0.2, 0.25) is 0 Å². The number of benzene rings is 1. The molecule has 1 aromatic rings. The Balaban J connectivity index is 3.35. The fraction of sp³-hybridized carbons (Fsp3) is 0.222. The summed E-state index contributed by atoms with van der Waals surface area (Å²) in [6.07, 6.45) is -2.41. The van der Waals surface area contributed by atoms with Crippen molar-refractivity contribution in [2.24, 2.45) is 0 Å². The van der Waals surface area contributed by atoms with Crippen LogP contribution in [0.1, 0.15) is 27.9 Å². The molecule has 1 N–H and O–H groups in total. The van der Waals surface area contributed by atoms with Crippen LogP contribution in [0.4, 0.5) is 8.78 Å². The van der Waals surface area contributed by atoms with Gasteiger partial charge in [-0.1, -0.05) is 0 Å². The topological polar surface area (TPSA) is 37.3 Å². The Morgan fingerprint density at radius 1 is 1.46 bits per heavy atom. The minimum absolute atomic E-state index is 0.102. The quantitative estimate of drug-likeness (QED) is 0.720. The van der Waals surface area contributed by atoms with Crippen molar-refractivity contribution in [1.29, 1.82) is 0 Å². The predicted molar refractivity (Wildman–Crippen MR) is 43.2 cm³/mol. The first kappa shape index (κ1) is 9.64. The molecule has 0 heterocycles. The number of rotatable bonds is 2. The van der Waals surface area contributed by atoms with Crippen molar-refractivity contribution in [1.82, 2.24) is 0 Å². The zero-order valence-electron chi connectivity index (χ0n) is 6.92. The first-order valence-corrected chi connectivity index (χ1v) is 3.63. The van der Waals surface area contributed by atoms with E-state index in [9.17, 15) is 18.7 Å². The van der Waals surface area contributed by atoms with Crippen molar-refractivity contribution in [3.63, 3.8) is 0 Å². The highest BCUT2D eigenvalue weighted by Crippen LogP contribution is 2.31. The summed E-state index contributed by atoms with van der Waals surface area (Å²) in [5.41, 5.74) is -0.0763. The Labute approximate surface area is 73.8 Å². The predicted octanol–water partition coefficient (Wildman–Crippen LogP) is 2.45. The van der Waals surface area contributed by atoms with Crippen molar-refractivity contribution in [2.75, 3.05) is 0 Å². The van der Waals surface area contributed by atoms with Gasteiger partial charge in [0, 0.05) is 0 Å². The van der Waals surface area contributed by atoms with E-state index in [0.717, 1.165) is 6.07 Å². The van der Waals surface area contributed by atoms with Crippen LogP contribution in [0.25, 0.3) is 0 Å². The molecule has 1 rings (SSSR count). The van der Waals surface area contributed by atoms with E-state index >= 15 is 0 Å². The molecule has 0 aromatic heterocycles. The number of aromatic hydroxyl groups is 1. The number of phenols is 1. The van der Waals surface area contributed by atoms with Crippen molar-refractivity contribution in [2.45, 2.75) is 13.3 Å². The molecule has 4 heteroatoms. The molecule has 0 radical (unpaired) electrons. The van der Waals surface area contributed by atoms with Gasteiger partial charge >= 0.3 is 0 Å². The van der Waals surface area contributed by atoms with E-state index in [1.165, 1.54) is 6.07 Å². The summed E-state index contributed by atoms with van der Waals surface area (Å²) in [6, 6.07) is 2.52. The van der Waals surface area contributed by atoms with Crippen LogP contribution in [0, 0.1) is 6.92 Å². The van der Waals surface area contributed by atoms with Gasteiger partial charge in [0.25, 0.3) is 6.43 Å². The average Bonchev–Trinajstić information content (AvgIpc) is 2.08. The lowest BCUT2D eigenvalue weighted by Gasteiger charge is -2.06. The minimum atomic E-state index is -2.77. The second-order valence-corrected chi connectivity index (χ2v) is 2.71. The van der Waals surface area contributed by atoms with Crippen molar-refractivity contribution in [3.8, 4) is 5.75 Å². The minimum Gasteiger partial charge on any atom is -0.507 e. The molecule has 0 bridgehead atoms. The maximum absolute atomic E-state index is 12.2. The van der Waals surface area contributed by atoms with Crippen LogP contribution in [0.3, 0.4) is 0 Å². The van der Waals surface area contributed by atoms with Crippen molar-refractivity contribution in [3.05, 3.63) is 28.8 Å². The van der Waals surface area contributed by atoms with Crippen LogP contribution >= 0.6 is 0 Å². The maximum Gasteiger partial charge on any atom is 0.267 e. The summed E-state index contributed by atoms with van der Waals surface area (Å²) in [5, 5.41) is 9.17. The van der Waals surface area contributed by atoms with Gasteiger partial charge in [-0.2, -0.15) is 0 Å². The highest BCUT2D eigenvalue weighted by Gasteiger charge is 2.15. The number of alkyl halides is 2. The third kappa shape index (κ3) is 1.83. The fourth-order valence-corrected chi connectivity index (χ4v) is 1.09. The smallest absolute Gasteiger partial charge is 0.267 e. The van der Waals surface area contributed by atoms with E-state index in [-0.39, 0.29) is 5.56 Å². The number of halogens is 2. The molecule has 70 valence electrons. The van der Waals surface area contributed by atoms with Gasteiger partial charge in [-0.05, 0) is 24.6 Å². The van der Waals surface area contributed by atoms with Crippen molar-refractivity contribution < 1.29 is 18.7 Å². The lowest BCUT2D eigenvalue weighted by Crippen LogP contribution is -1.92. The molecule has 0 fully saturated rings. The van der Waals surface area contributed by atoms with E-state index < -0.39 is 17.7 Å². The third-order valence-corrected chi connectivity index (χ3v) is 1.68. The molecule has 13 heavy (non-hydrogen) atoms. The van der Waals surface area contributed by atoms with Crippen LogP contribution in [-0.4, -0.2) is 11.4 Å². The molecule has 0 spiro atoms. The number of phenolic OH excluding ortho intramolecular Hbond substituents is 1. The van der Waals surface area contributed by atoms with Gasteiger partial charge in [-0.15, -0.1) is 0 Å². The molecule has 0 atom stereocenters. The number of aldehydes is 1. The highest BCUT2D eigenvalue weighted by atomic mass is 19.3. The largest absolute Gasteiger partial charge is 0.507 e. The van der Waals surface area contributed by atoms with E-state index in [0.29, 0.717) is 11.8 Å². The van der Waals surface area contributed by atoms with Crippen LogP contribution in [0.15, 0.2) is 12.1 Å². The summed E-state index contributed by atoms with van der Waals surface area (Å²) < 4.78 is 24.5. The van der Waals surface area contributed by atoms with Gasteiger partial charge in [0.05, 0.1) is 11.1 Å². The summed E-state index contributed by atoms with van der Waals surface area (Å²) in [4.78, 5) is 10.3. The number of carbonyl (C=O) groups is 1. The molecule has 0 aliphatic heterocycles. The zero-order valence-corrected chi connectivity index (χ0v) is 6.92. The second kappa shape index (κ2) is 3.51. The summed E-state index contributed by atoms with van der Waals surface area (Å²) in [6.45, 7) is 1.58. The van der Waals surface area contributed by atoms with Gasteiger partial charge in [0.2, 0.25) is 0 Å². The Hall–Kier alpha value is -1.45. The second-order valence-electron chi connectivity index (χ2n) is 2.71. The zero-order chi connectivity index (χ0) is 10.0. The number of hydrogen-bond acceptors (Lipinski definition) is 2. The summed E-state index contributed by atoms with van der Waals surface area (Å²) >= 11 is 0. The molecule has 1 aromatic carbocycles. The number of carbonyl (C=O) groups excluding carboxylic acids is 1. The molecule has 0 amide bonds. The maximum atomic E-state index is 12.2. The SMILES string of the molecule is Cc1cc(C=O)c(O)c(C(F)F)c1. The Bertz CT molecular complexity index is 335. The molecular weight excluding hydrogens is 178 g/mol. The Morgan fingerprint density at radius 3 is 2.54 bits per heavy atom. The lowest BCUT2D eigenvalue weighted by molar-refractivity contribution is 0.111. The number of aryl methyl sites for hydroxylation is 1. The Kier molecular flexibility index (Phi) is 2.60. The average molecular weight is 186 g/mol. The number of hydrogen-bond donors (Lipinski definition) is 1. The van der Waals surface area contributed by atoms with Gasteiger partial charge in [0.15, 0.2) is 6.29 Å². The first-order valence-electron chi connectivity index (χ1n) is 3.63. The molecule has 0 saturated heterocycles. The van der Waals surface area contributed by atoms with E-state index in [4.69, 9.17) is 0 Å². The third-order valence-electron chi connectivity index (χ3n) is 1.68. The monoisotopic (exact) mass is 186 g/mol. The molecular formula is C9H8F2O2. The highest BCUT2D eigenvalue weighted by molar-refractivity contribution is 5.80. The van der Waals surface area contributed by atoms with E-state index in [1.807, 2.05) is 0 Å². The van der Waals surface area contributed by atoms with Gasteiger partial charge in [-0.3, -0.25) is 4.79 Å². The van der Waals surface area contributed by atoms with E-state index in [1.54, 1.807) is 6.92 Å². The molecule has 0 saturated carbocycles.